The molecule has 2 N–H and O–H groups in total. The van der Waals surface area contributed by atoms with E-state index in [1.54, 1.807) is 0 Å². The third-order valence-corrected chi connectivity index (χ3v) is 4.51. The second kappa shape index (κ2) is 7.01. The van der Waals surface area contributed by atoms with Gasteiger partial charge >= 0.3 is 0 Å². The molecule has 1 aromatic heterocycles. The Labute approximate surface area is 139 Å². The van der Waals surface area contributed by atoms with E-state index in [-0.39, 0.29) is 29.8 Å². The van der Waals surface area contributed by atoms with Gasteiger partial charge in [-0.2, -0.15) is 5.10 Å². The molecule has 2 heterocycles. The van der Waals surface area contributed by atoms with E-state index in [1.165, 1.54) is 0 Å². The summed E-state index contributed by atoms with van der Waals surface area (Å²) in [6.45, 7) is 12.6. The summed E-state index contributed by atoms with van der Waals surface area (Å²) in [5, 5.41) is 4.54. The molecule has 0 radical (unpaired) electrons. The zero-order chi connectivity index (χ0) is 15.8. The lowest BCUT2D eigenvalue weighted by Gasteiger charge is -2.42. The van der Waals surface area contributed by atoms with Crippen LogP contribution in [0.4, 0.5) is 0 Å². The number of carbonyl (C=O) groups is 1. The summed E-state index contributed by atoms with van der Waals surface area (Å²) in [4.78, 5) is 14.8. The smallest absolute Gasteiger partial charge is 0.272 e. The number of rotatable bonds is 3. The lowest BCUT2D eigenvalue weighted by Crippen LogP contribution is -2.54. The first kappa shape index (κ1) is 19.0. The SMILES string of the molecule is CCn1nc(C(C)C)cc1C(=O)N1CCC(N)C(C)(C)C1.Cl. The Bertz CT molecular complexity index is 524. The fourth-order valence-corrected chi connectivity index (χ4v) is 2.84. The van der Waals surface area contributed by atoms with Crippen molar-refractivity contribution in [3.63, 3.8) is 0 Å². The molecule has 126 valence electrons. The van der Waals surface area contributed by atoms with Gasteiger partial charge in [-0.1, -0.05) is 27.7 Å². The number of likely N-dealkylation sites (tertiary alicyclic amines) is 1. The van der Waals surface area contributed by atoms with Crippen molar-refractivity contribution in [3.8, 4) is 0 Å². The molecule has 0 bridgehead atoms. The maximum Gasteiger partial charge on any atom is 0.272 e. The maximum atomic E-state index is 12.8. The van der Waals surface area contributed by atoms with Crippen LogP contribution in [-0.4, -0.2) is 39.7 Å². The summed E-state index contributed by atoms with van der Waals surface area (Å²) >= 11 is 0. The van der Waals surface area contributed by atoms with Crippen molar-refractivity contribution in [2.24, 2.45) is 11.1 Å². The monoisotopic (exact) mass is 328 g/mol. The first-order valence-electron chi connectivity index (χ1n) is 7.89. The van der Waals surface area contributed by atoms with Crippen LogP contribution in [0.15, 0.2) is 6.07 Å². The highest BCUT2D eigenvalue weighted by Gasteiger charge is 2.36. The van der Waals surface area contributed by atoms with Gasteiger partial charge < -0.3 is 10.6 Å². The minimum absolute atomic E-state index is 0. The molecule has 22 heavy (non-hydrogen) atoms. The molecule has 1 unspecified atom stereocenters. The molecule has 1 aromatic rings. The summed E-state index contributed by atoms with van der Waals surface area (Å²) < 4.78 is 1.82. The van der Waals surface area contributed by atoms with Crippen molar-refractivity contribution in [2.45, 2.75) is 59.5 Å². The summed E-state index contributed by atoms with van der Waals surface area (Å²) in [7, 11) is 0. The lowest BCUT2D eigenvalue weighted by molar-refractivity contribution is 0.0521. The Kier molecular flexibility index (Phi) is 6.04. The predicted octanol–water partition coefficient (Wildman–Crippen LogP) is 2.65. The molecule has 2 rings (SSSR count). The van der Waals surface area contributed by atoms with E-state index in [0.717, 1.165) is 18.7 Å². The molecule has 0 saturated carbocycles. The number of nitrogens with two attached hydrogens (primary N) is 1. The van der Waals surface area contributed by atoms with Gasteiger partial charge in [-0.05, 0) is 30.7 Å². The second-order valence-electron chi connectivity index (χ2n) is 7.04. The molecule has 5 nitrogen and oxygen atoms in total. The summed E-state index contributed by atoms with van der Waals surface area (Å²) in [5.74, 6) is 0.409. The minimum atomic E-state index is -0.0359. The van der Waals surface area contributed by atoms with Crippen molar-refractivity contribution in [1.29, 1.82) is 0 Å². The van der Waals surface area contributed by atoms with Gasteiger partial charge in [0, 0.05) is 25.7 Å². The van der Waals surface area contributed by atoms with Crippen LogP contribution in [0.5, 0.6) is 0 Å². The van der Waals surface area contributed by atoms with Crippen LogP contribution in [0.25, 0.3) is 0 Å². The van der Waals surface area contributed by atoms with Gasteiger partial charge in [-0.15, -0.1) is 12.4 Å². The van der Waals surface area contributed by atoms with Crippen molar-refractivity contribution in [3.05, 3.63) is 17.5 Å². The molecule has 1 aliphatic heterocycles. The number of halogens is 1. The topological polar surface area (TPSA) is 64.2 Å². The summed E-state index contributed by atoms with van der Waals surface area (Å²) in [6, 6.07) is 2.10. The highest BCUT2D eigenvalue weighted by Crippen LogP contribution is 2.29. The Morgan fingerprint density at radius 2 is 2.14 bits per heavy atom. The number of aryl methyl sites for hydroxylation is 1. The largest absolute Gasteiger partial charge is 0.337 e. The van der Waals surface area contributed by atoms with E-state index in [4.69, 9.17) is 5.73 Å². The van der Waals surface area contributed by atoms with Gasteiger partial charge in [0.15, 0.2) is 0 Å². The number of hydrogen-bond donors (Lipinski definition) is 1. The van der Waals surface area contributed by atoms with E-state index in [2.05, 4.69) is 32.8 Å². The molecule has 0 aromatic carbocycles. The van der Waals surface area contributed by atoms with Crippen molar-refractivity contribution >= 4 is 18.3 Å². The number of nitrogens with zero attached hydrogens (tertiary/aromatic N) is 3. The van der Waals surface area contributed by atoms with Crippen LogP contribution in [0.3, 0.4) is 0 Å². The normalized spacial score (nSPS) is 20.9. The standard InChI is InChI=1S/C16H28N4O.ClH/c1-6-20-13(9-12(18-20)11(2)3)15(21)19-8-7-14(17)16(4,5)10-19;/h9,11,14H,6-8,10,17H2,1-5H3;1H. The minimum Gasteiger partial charge on any atom is -0.337 e. The zero-order valence-electron chi connectivity index (χ0n) is 14.3. The Morgan fingerprint density at radius 1 is 1.50 bits per heavy atom. The van der Waals surface area contributed by atoms with Gasteiger partial charge in [-0.3, -0.25) is 9.48 Å². The molecule has 0 aliphatic carbocycles. The zero-order valence-corrected chi connectivity index (χ0v) is 15.1. The molecule has 1 aliphatic rings. The van der Waals surface area contributed by atoms with E-state index in [9.17, 15) is 4.79 Å². The highest BCUT2D eigenvalue weighted by atomic mass is 35.5. The first-order chi connectivity index (χ1) is 9.76. The highest BCUT2D eigenvalue weighted by molar-refractivity contribution is 5.93. The van der Waals surface area contributed by atoms with Crippen LogP contribution >= 0.6 is 12.4 Å². The second-order valence-corrected chi connectivity index (χ2v) is 7.04. The third kappa shape index (κ3) is 3.63. The van der Waals surface area contributed by atoms with Crippen LogP contribution in [0.2, 0.25) is 0 Å². The van der Waals surface area contributed by atoms with Crippen molar-refractivity contribution < 1.29 is 4.79 Å². The summed E-state index contributed by atoms with van der Waals surface area (Å²) in [6.07, 6.45) is 0.857. The van der Waals surface area contributed by atoms with E-state index in [1.807, 2.05) is 22.6 Å². The number of amides is 1. The fourth-order valence-electron chi connectivity index (χ4n) is 2.84. The van der Waals surface area contributed by atoms with Crippen molar-refractivity contribution in [1.82, 2.24) is 14.7 Å². The van der Waals surface area contributed by atoms with Crippen LogP contribution in [0, 0.1) is 5.41 Å². The average molecular weight is 329 g/mol. The molecule has 1 atom stereocenters. The van der Waals surface area contributed by atoms with Gasteiger partial charge in [0.2, 0.25) is 0 Å². The molecule has 6 heteroatoms. The van der Waals surface area contributed by atoms with Crippen LogP contribution in [0.1, 0.15) is 63.1 Å². The first-order valence-corrected chi connectivity index (χ1v) is 7.89. The number of piperidine rings is 1. The Hall–Kier alpha value is -1.07. The van der Waals surface area contributed by atoms with Crippen molar-refractivity contribution in [2.75, 3.05) is 13.1 Å². The average Bonchev–Trinajstić information content (AvgIpc) is 2.85. The van der Waals surface area contributed by atoms with Gasteiger partial charge in [-0.25, -0.2) is 0 Å². The quantitative estimate of drug-likeness (QED) is 0.927. The third-order valence-electron chi connectivity index (χ3n) is 4.51. The van der Waals surface area contributed by atoms with Gasteiger partial charge in [0.1, 0.15) is 5.69 Å². The molecule has 1 saturated heterocycles. The van der Waals surface area contributed by atoms with E-state index < -0.39 is 0 Å². The maximum absolute atomic E-state index is 12.8. The van der Waals surface area contributed by atoms with E-state index >= 15 is 0 Å². The number of carbonyl (C=O) groups excluding carboxylic acids is 1. The molecule has 1 amide bonds. The molecular formula is C16H29ClN4O. The molecule has 1 fully saturated rings. The van der Waals surface area contributed by atoms with Crippen LogP contribution in [-0.2, 0) is 6.54 Å². The number of aromatic nitrogens is 2. The number of hydrogen-bond acceptors (Lipinski definition) is 3. The van der Waals surface area contributed by atoms with E-state index in [0.29, 0.717) is 24.7 Å². The summed E-state index contributed by atoms with van der Waals surface area (Å²) in [5.41, 5.74) is 7.80. The van der Waals surface area contributed by atoms with Gasteiger partial charge in [0.05, 0.1) is 5.69 Å². The Balaban J connectivity index is 0.00000242. The van der Waals surface area contributed by atoms with Gasteiger partial charge in [0.25, 0.3) is 5.91 Å². The Morgan fingerprint density at radius 3 is 2.64 bits per heavy atom. The predicted molar refractivity (Wildman–Crippen MR) is 91.5 cm³/mol. The lowest BCUT2D eigenvalue weighted by atomic mass is 9.79. The van der Waals surface area contributed by atoms with Crippen LogP contribution < -0.4 is 5.73 Å². The molecular weight excluding hydrogens is 300 g/mol. The molecule has 0 spiro atoms. The fraction of sp³-hybridized carbons (Fsp3) is 0.750.